The fraction of sp³-hybridized carbons (Fsp3) is 0.423. The molecule has 1 fully saturated rings. The van der Waals surface area contributed by atoms with Crippen molar-refractivity contribution in [3.63, 3.8) is 0 Å². The minimum Gasteiger partial charge on any atom is -0.444 e. The lowest BCUT2D eigenvalue weighted by atomic mass is 9.89. The van der Waals surface area contributed by atoms with Gasteiger partial charge in [-0.15, -0.1) is 5.10 Å². The summed E-state index contributed by atoms with van der Waals surface area (Å²) in [6.45, 7) is 5.94. The second kappa shape index (κ2) is 11.9. The minimum atomic E-state index is -4.75. The molecule has 1 amide bonds. The van der Waals surface area contributed by atoms with Gasteiger partial charge >= 0.3 is 12.3 Å². The van der Waals surface area contributed by atoms with Crippen LogP contribution in [0.2, 0.25) is 5.02 Å². The SMILES string of the molecule is CC(C)(C)OC(=O)N1CCCC(C(c2ccc(-c3c(Cl)cc(Nc4n[nH]c(N)n4)cc3C(F)(F)F)cc2)S(=O)O)C1. The number of aromatic nitrogens is 3. The van der Waals surface area contributed by atoms with E-state index in [0.717, 1.165) is 6.07 Å². The molecule has 2 aromatic carbocycles. The van der Waals surface area contributed by atoms with E-state index in [0.29, 0.717) is 24.9 Å². The van der Waals surface area contributed by atoms with E-state index in [9.17, 15) is 26.7 Å². The summed E-state index contributed by atoms with van der Waals surface area (Å²) in [6.07, 6.45) is -4.05. The smallest absolute Gasteiger partial charge is 0.417 e. The highest BCUT2D eigenvalue weighted by Crippen LogP contribution is 2.44. The van der Waals surface area contributed by atoms with Crippen LogP contribution in [-0.2, 0) is 22.0 Å². The first-order valence-electron chi connectivity index (χ1n) is 12.7. The molecule has 3 atom stereocenters. The van der Waals surface area contributed by atoms with E-state index < -0.39 is 39.8 Å². The Morgan fingerprint density at radius 3 is 2.51 bits per heavy atom. The number of halogens is 4. The van der Waals surface area contributed by atoms with Gasteiger partial charge in [0.1, 0.15) is 5.60 Å². The molecule has 222 valence electrons. The van der Waals surface area contributed by atoms with Gasteiger partial charge < -0.3 is 25.2 Å². The first-order chi connectivity index (χ1) is 19.1. The molecule has 10 nitrogen and oxygen atoms in total. The summed E-state index contributed by atoms with van der Waals surface area (Å²) >= 11 is 4.05. The number of nitrogens with two attached hydrogens (primary N) is 1. The number of nitrogen functional groups attached to an aromatic ring is 1. The summed E-state index contributed by atoms with van der Waals surface area (Å²) in [4.78, 5) is 17.9. The lowest BCUT2D eigenvalue weighted by Crippen LogP contribution is -2.44. The van der Waals surface area contributed by atoms with E-state index >= 15 is 0 Å². The zero-order valence-corrected chi connectivity index (χ0v) is 24.0. The average molecular weight is 615 g/mol. The van der Waals surface area contributed by atoms with Gasteiger partial charge in [-0.25, -0.2) is 14.1 Å². The lowest BCUT2D eigenvalue weighted by Gasteiger charge is -2.36. The van der Waals surface area contributed by atoms with Crippen LogP contribution in [0.4, 0.5) is 35.5 Å². The highest BCUT2D eigenvalue weighted by Gasteiger charge is 2.37. The number of carbonyl (C=O) groups excluding carboxylic acids is 1. The van der Waals surface area contributed by atoms with Gasteiger partial charge in [0.25, 0.3) is 0 Å². The van der Waals surface area contributed by atoms with Gasteiger partial charge in [0.15, 0.2) is 11.1 Å². The number of aromatic amines is 1. The molecule has 5 N–H and O–H groups in total. The Morgan fingerprint density at radius 2 is 1.95 bits per heavy atom. The van der Waals surface area contributed by atoms with Gasteiger partial charge in [0, 0.05) is 24.3 Å². The molecule has 15 heteroatoms. The second-order valence-electron chi connectivity index (χ2n) is 10.7. The molecule has 1 aliphatic rings. The highest BCUT2D eigenvalue weighted by atomic mass is 35.5. The standard InChI is InChI=1S/C26H30ClF3N6O4S/c1-25(2,3)40-24(37)36-10-4-5-16(13-36)21(41(38)39)15-8-6-14(7-9-15)20-18(26(28,29)30)11-17(12-19(20)27)32-23-33-22(31)34-35-23/h6-9,11-12,16,21H,4-5,10,13H2,1-3H3,(H,38,39)(H4,31,32,33,34,35). The van der Waals surface area contributed by atoms with Crippen LogP contribution in [0.5, 0.6) is 0 Å². The fourth-order valence-electron chi connectivity index (χ4n) is 4.80. The largest absolute Gasteiger partial charge is 0.444 e. The Bertz CT molecular complexity index is 1430. The minimum absolute atomic E-state index is 0.00396. The van der Waals surface area contributed by atoms with Crippen LogP contribution in [0.15, 0.2) is 36.4 Å². The molecule has 0 spiro atoms. The quantitative estimate of drug-likeness (QED) is 0.234. The van der Waals surface area contributed by atoms with E-state index in [1.807, 2.05) is 0 Å². The molecule has 4 rings (SSSR count). The third kappa shape index (κ3) is 7.49. The number of amides is 1. The van der Waals surface area contributed by atoms with Gasteiger partial charge in [0.2, 0.25) is 11.9 Å². The number of H-pyrrole nitrogens is 1. The summed E-state index contributed by atoms with van der Waals surface area (Å²) < 4.78 is 70.5. The number of carbonyl (C=O) groups is 1. The molecule has 0 bridgehead atoms. The van der Waals surface area contributed by atoms with E-state index in [2.05, 4.69) is 20.5 Å². The third-order valence-electron chi connectivity index (χ3n) is 6.44. The maximum absolute atomic E-state index is 14.1. The summed E-state index contributed by atoms with van der Waals surface area (Å²) in [5.74, 6) is -0.406. The number of hydrogen-bond acceptors (Lipinski definition) is 7. The van der Waals surface area contributed by atoms with Crippen LogP contribution >= 0.6 is 11.6 Å². The number of piperidine rings is 1. The molecule has 3 aromatic rings. The van der Waals surface area contributed by atoms with Crippen molar-refractivity contribution in [3.05, 3.63) is 52.5 Å². The lowest BCUT2D eigenvalue weighted by molar-refractivity contribution is -0.137. The normalized spacial score (nSPS) is 17.7. The van der Waals surface area contributed by atoms with Gasteiger partial charge in [0.05, 0.1) is 15.8 Å². The molecule has 3 unspecified atom stereocenters. The number of anilines is 3. The number of nitrogens with one attached hydrogen (secondary N) is 2. The number of rotatable bonds is 6. The van der Waals surface area contributed by atoms with Crippen molar-refractivity contribution in [3.8, 4) is 11.1 Å². The Labute approximate surface area is 242 Å². The number of hydrogen-bond donors (Lipinski definition) is 4. The first-order valence-corrected chi connectivity index (χ1v) is 14.2. The topological polar surface area (TPSA) is 146 Å². The maximum atomic E-state index is 14.1. The van der Waals surface area contributed by atoms with Crippen LogP contribution in [0.3, 0.4) is 0 Å². The van der Waals surface area contributed by atoms with Crippen LogP contribution in [0, 0.1) is 5.92 Å². The Kier molecular flexibility index (Phi) is 8.85. The van der Waals surface area contributed by atoms with Crippen LogP contribution in [0.1, 0.15) is 50.0 Å². The molecule has 0 radical (unpaired) electrons. The first kappa shape index (κ1) is 30.6. The molecule has 0 aliphatic carbocycles. The molecule has 1 saturated heterocycles. The summed E-state index contributed by atoms with van der Waals surface area (Å²) in [5, 5.41) is 7.72. The zero-order chi connectivity index (χ0) is 30.1. The fourth-order valence-corrected chi connectivity index (χ4v) is 6.07. The van der Waals surface area contributed by atoms with Gasteiger partial charge in [-0.2, -0.15) is 18.2 Å². The van der Waals surface area contributed by atoms with E-state index in [1.165, 1.54) is 35.2 Å². The summed E-state index contributed by atoms with van der Waals surface area (Å²) in [7, 11) is 0. The Hall–Kier alpha value is -3.36. The molecular formula is C26H30ClF3N6O4S. The summed E-state index contributed by atoms with van der Waals surface area (Å²) in [6, 6.07) is 8.09. The van der Waals surface area contributed by atoms with Crippen molar-refractivity contribution in [1.82, 2.24) is 20.1 Å². The second-order valence-corrected chi connectivity index (χ2v) is 12.2. The van der Waals surface area contributed by atoms with Crippen LogP contribution < -0.4 is 11.1 Å². The van der Waals surface area contributed by atoms with Crippen LogP contribution in [0.25, 0.3) is 11.1 Å². The van der Waals surface area contributed by atoms with Gasteiger partial charge in [-0.1, -0.05) is 35.9 Å². The number of alkyl halides is 3. The van der Waals surface area contributed by atoms with Crippen molar-refractivity contribution < 1.29 is 31.5 Å². The number of ether oxygens (including phenoxy) is 1. The van der Waals surface area contributed by atoms with Gasteiger partial charge in [-0.3, -0.25) is 0 Å². The predicted octanol–water partition coefficient (Wildman–Crippen LogP) is 6.38. The summed E-state index contributed by atoms with van der Waals surface area (Å²) in [5.41, 5.74) is 4.17. The molecule has 1 aliphatic heterocycles. The van der Waals surface area contributed by atoms with E-state index in [-0.39, 0.29) is 46.2 Å². The molecule has 0 saturated carbocycles. The highest BCUT2D eigenvalue weighted by molar-refractivity contribution is 7.79. The van der Waals surface area contributed by atoms with E-state index in [1.54, 1.807) is 20.8 Å². The predicted molar refractivity (Wildman–Crippen MR) is 150 cm³/mol. The van der Waals surface area contributed by atoms with E-state index in [4.69, 9.17) is 22.1 Å². The molecule has 41 heavy (non-hydrogen) atoms. The Morgan fingerprint density at radius 1 is 1.27 bits per heavy atom. The molecule has 2 heterocycles. The Balaban J connectivity index is 1.62. The zero-order valence-electron chi connectivity index (χ0n) is 22.5. The van der Waals surface area contributed by atoms with Crippen molar-refractivity contribution in [2.24, 2.45) is 5.92 Å². The monoisotopic (exact) mass is 614 g/mol. The maximum Gasteiger partial charge on any atom is 0.417 e. The van der Waals surface area contributed by atoms with Crippen molar-refractivity contribution in [2.75, 3.05) is 24.1 Å². The molecule has 1 aromatic heterocycles. The molecular weight excluding hydrogens is 585 g/mol. The number of nitrogens with zero attached hydrogens (tertiary/aromatic N) is 3. The average Bonchev–Trinajstić information content (AvgIpc) is 3.27. The van der Waals surface area contributed by atoms with Gasteiger partial charge in [-0.05, 0) is 62.8 Å². The van der Waals surface area contributed by atoms with Crippen molar-refractivity contribution >= 4 is 46.4 Å². The third-order valence-corrected chi connectivity index (χ3v) is 7.83. The van der Waals surface area contributed by atoms with Crippen LogP contribution in [-0.4, -0.2) is 53.6 Å². The van der Waals surface area contributed by atoms with Crippen molar-refractivity contribution in [1.29, 1.82) is 0 Å². The number of benzene rings is 2. The van der Waals surface area contributed by atoms with Crippen molar-refractivity contribution in [2.45, 2.75) is 50.6 Å². The number of likely N-dealkylation sites (tertiary alicyclic amines) is 1.